The molecule has 0 aromatic heterocycles. The molecule has 1 aliphatic heterocycles. The van der Waals surface area contributed by atoms with E-state index in [9.17, 15) is 0 Å². The molecule has 0 aromatic rings. The summed E-state index contributed by atoms with van der Waals surface area (Å²) in [6.45, 7) is 11.4. The molecule has 0 radical (unpaired) electrons. The normalized spacial score (nSPS) is 30.2. The van der Waals surface area contributed by atoms with Crippen LogP contribution in [0.1, 0.15) is 41.0 Å². The van der Waals surface area contributed by atoms with E-state index in [0.29, 0.717) is 6.10 Å². The quantitative estimate of drug-likeness (QED) is 0.559. The number of ether oxygens (including phenoxy) is 2. The van der Waals surface area contributed by atoms with Gasteiger partial charge in [-0.3, -0.25) is 0 Å². The summed E-state index contributed by atoms with van der Waals surface area (Å²) in [6.07, 6.45) is 1.33. The van der Waals surface area contributed by atoms with E-state index in [-0.39, 0.29) is 5.41 Å². The smallest absolute Gasteiger partial charge is 0.163 e. The zero-order valence-electron chi connectivity index (χ0n) is 8.81. The highest BCUT2D eigenvalue weighted by molar-refractivity contribution is 4.79. The third kappa shape index (κ3) is 2.46. The van der Waals surface area contributed by atoms with Gasteiger partial charge in [0.2, 0.25) is 0 Å². The fourth-order valence-corrected chi connectivity index (χ4v) is 1.46. The van der Waals surface area contributed by atoms with Crippen molar-refractivity contribution in [3.8, 4) is 0 Å². The second kappa shape index (κ2) is 3.00. The molecule has 1 unspecified atom stereocenters. The first-order valence-corrected chi connectivity index (χ1v) is 4.63. The summed E-state index contributed by atoms with van der Waals surface area (Å²) in [5, 5.41) is 0. The molecule has 0 aliphatic carbocycles. The third-order valence-electron chi connectivity index (χ3n) is 2.22. The number of hydrogen-bond donors (Lipinski definition) is 0. The van der Waals surface area contributed by atoms with E-state index >= 15 is 0 Å². The van der Waals surface area contributed by atoms with Crippen molar-refractivity contribution in [1.29, 1.82) is 0 Å². The molecule has 1 fully saturated rings. The number of rotatable bonds is 0. The van der Waals surface area contributed by atoms with Crippen molar-refractivity contribution in [3.05, 3.63) is 0 Å². The summed E-state index contributed by atoms with van der Waals surface area (Å²) in [6, 6.07) is 0. The average molecular weight is 172 g/mol. The molecule has 1 atom stereocenters. The Morgan fingerprint density at radius 1 is 1.25 bits per heavy atom. The summed E-state index contributed by atoms with van der Waals surface area (Å²) < 4.78 is 11.3. The summed E-state index contributed by atoms with van der Waals surface area (Å²) >= 11 is 0. The summed E-state index contributed by atoms with van der Waals surface area (Å²) in [5.74, 6) is -0.393. The molecule has 72 valence electrons. The predicted octanol–water partition coefficient (Wildman–Crippen LogP) is 2.57. The van der Waals surface area contributed by atoms with Crippen LogP contribution in [0, 0.1) is 5.41 Å². The molecule has 1 saturated heterocycles. The Kier molecular flexibility index (Phi) is 2.50. The average Bonchev–Trinajstić information content (AvgIpc) is 1.83. The molecule has 1 heterocycles. The second-order valence-electron chi connectivity index (χ2n) is 5.01. The SMILES string of the molecule is CC1(C)OCCC(C(C)(C)C)O1. The molecular formula is C10H20O2. The lowest BCUT2D eigenvalue weighted by Gasteiger charge is -2.41. The third-order valence-corrected chi connectivity index (χ3v) is 2.22. The van der Waals surface area contributed by atoms with Crippen LogP contribution in [0.25, 0.3) is 0 Å². The molecule has 12 heavy (non-hydrogen) atoms. The highest BCUT2D eigenvalue weighted by Crippen LogP contribution is 2.32. The maximum Gasteiger partial charge on any atom is 0.163 e. The molecular weight excluding hydrogens is 152 g/mol. The van der Waals surface area contributed by atoms with E-state index in [2.05, 4.69) is 20.8 Å². The molecule has 0 bridgehead atoms. The van der Waals surface area contributed by atoms with E-state index in [4.69, 9.17) is 9.47 Å². The Morgan fingerprint density at radius 2 is 1.83 bits per heavy atom. The molecule has 1 rings (SSSR count). The fourth-order valence-electron chi connectivity index (χ4n) is 1.46. The Balaban J connectivity index is 2.58. The van der Waals surface area contributed by atoms with Crippen LogP contribution >= 0.6 is 0 Å². The van der Waals surface area contributed by atoms with Gasteiger partial charge in [-0.05, 0) is 25.7 Å². The Hall–Kier alpha value is -0.0800. The highest BCUT2D eigenvalue weighted by atomic mass is 16.7. The van der Waals surface area contributed by atoms with Gasteiger partial charge in [0.15, 0.2) is 5.79 Å². The fraction of sp³-hybridized carbons (Fsp3) is 1.00. The lowest BCUT2D eigenvalue weighted by atomic mass is 9.86. The largest absolute Gasteiger partial charge is 0.350 e. The van der Waals surface area contributed by atoms with E-state index in [0.717, 1.165) is 13.0 Å². The molecule has 0 aromatic carbocycles. The van der Waals surface area contributed by atoms with E-state index in [1.807, 2.05) is 13.8 Å². The first-order chi connectivity index (χ1) is 5.31. The minimum Gasteiger partial charge on any atom is -0.350 e. The minimum absolute atomic E-state index is 0.223. The summed E-state index contributed by atoms with van der Waals surface area (Å²) in [5.41, 5.74) is 0.223. The van der Waals surface area contributed by atoms with Crippen LogP contribution in [-0.2, 0) is 9.47 Å². The van der Waals surface area contributed by atoms with Crippen LogP contribution in [0.3, 0.4) is 0 Å². The van der Waals surface area contributed by atoms with Gasteiger partial charge < -0.3 is 9.47 Å². The van der Waals surface area contributed by atoms with Gasteiger partial charge >= 0.3 is 0 Å². The Labute approximate surface area is 75.2 Å². The highest BCUT2D eigenvalue weighted by Gasteiger charge is 2.35. The minimum atomic E-state index is -0.393. The lowest BCUT2D eigenvalue weighted by molar-refractivity contribution is -0.290. The molecule has 2 heteroatoms. The van der Waals surface area contributed by atoms with E-state index < -0.39 is 5.79 Å². The topological polar surface area (TPSA) is 18.5 Å². The maximum atomic E-state index is 5.82. The molecule has 0 saturated carbocycles. The van der Waals surface area contributed by atoms with E-state index in [1.165, 1.54) is 0 Å². The molecule has 0 spiro atoms. The molecule has 2 nitrogen and oxygen atoms in total. The van der Waals surface area contributed by atoms with Crippen LogP contribution in [0.15, 0.2) is 0 Å². The van der Waals surface area contributed by atoms with Crippen molar-refractivity contribution in [2.24, 2.45) is 5.41 Å². The first-order valence-electron chi connectivity index (χ1n) is 4.63. The van der Waals surface area contributed by atoms with Crippen LogP contribution < -0.4 is 0 Å². The molecule has 1 aliphatic rings. The van der Waals surface area contributed by atoms with Gasteiger partial charge in [0.1, 0.15) is 0 Å². The molecule has 0 amide bonds. The second-order valence-corrected chi connectivity index (χ2v) is 5.01. The zero-order valence-corrected chi connectivity index (χ0v) is 8.81. The first kappa shape index (κ1) is 10.0. The monoisotopic (exact) mass is 172 g/mol. The predicted molar refractivity (Wildman–Crippen MR) is 49.0 cm³/mol. The van der Waals surface area contributed by atoms with Crippen molar-refractivity contribution in [3.63, 3.8) is 0 Å². The lowest BCUT2D eigenvalue weighted by Crippen LogP contribution is -2.45. The van der Waals surface area contributed by atoms with Crippen LogP contribution in [0.2, 0.25) is 0 Å². The van der Waals surface area contributed by atoms with Crippen LogP contribution in [-0.4, -0.2) is 18.5 Å². The Bertz CT molecular complexity index is 152. The van der Waals surface area contributed by atoms with Gasteiger partial charge in [-0.15, -0.1) is 0 Å². The standard InChI is InChI=1S/C10H20O2/c1-9(2,3)8-6-7-11-10(4,5)12-8/h8H,6-7H2,1-5H3. The van der Waals surface area contributed by atoms with Gasteiger partial charge in [-0.1, -0.05) is 20.8 Å². The van der Waals surface area contributed by atoms with Crippen LogP contribution in [0.4, 0.5) is 0 Å². The Morgan fingerprint density at radius 3 is 2.17 bits per heavy atom. The van der Waals surface area contributed by atoms with E-state index in [1.54, 1.807) is 0 Å². The summed E-state index contributed by atoms with van der Waals surface area (Å²) in [4.78, 5) is 0. The summed E-state index contributed by atoms with van der Waals surface area (Å²) in [7, 11) is 0. The van der Waals surface area contributed by atoms with Gasteiger partial charge in [0.05, 0.1) is 12.7 Å². The van der Waals surface area contributed by atoms with Crippen molar-refractivity contribution < 1.29 is 9.47 Å². The maximum absolute atomic E-state index is 5.82. The molecule has 0 N–H and O–H groups in total. The van der Waals surface area contributed by atoms with Crippen molar-refractivity contribution >= 4 is 0 Å². The van der Waals surface area contributed by atoms with Gasteiger partial charge in [-0.25, -0.2) is 0 Å². The van der Waals surface area contributed by atoms with Gasteiger partial charge in [0.25, 0.3) is 0 Å². The zero-order chi connectivity index (χ0) is 9.41. The van der Waals surface area contributed by atoms with Crippen molar-refractivity contribution in [1.82, 2.24) is 0 Å². The van der Waals surface area contributed by atoms with Crippen molar-refractivity contribution in [2.45, 2.75) is 52.9 Å². The van der Waals surface area contributed by atoms with Crippen LogP contribution in [0.5, 0.6) is 0 Å². The van der Waals surface area contributed by atoms with Crippen molar-refractivity contribution in [2.75, 3.05) is 6.61 Å². The van der Waals surface area contributed by atoms with Gasteiger partial charge in [0, 0.05) is 0 Å². The number of hydrogen-bond acceptors (Lipinski definition) is 2. The van der Waals surface area contributed by atoms with Gasteiger partial charge in [-0.2, -0.15) is 0 Å².